The van der Waals surface area contributed by atoms with Gasteiger partial charge in [0.15, 0.2) is 0 Å². The van der Waals surface area contributed by atoms with E-state index in [2.05, 4.69) is 10.6 Å². The van der Waals surface area contributed by atoms with Gasteiger partial charge in [0.05, 0.1) is 6.42 Å². The fraction of sp³-hybridized carbons (Fsp3) is 0.786. The third kappa shape index (κ3) is 4.91. The fourth-order valence-corrected chi connectivity index (χ4v) is 2.48. The average Bonchev–Trinajstić information content (AvgIpc) is 2.39. The molecule has 3 amide bonds. The second-order valence-corrected chi connectivity index (χ2v) is 5.83. The molecule has 1 aliphatic carbocycles. The predicted octanol–water partition coefficient (Wildman–Crippen LogP) is 0.797. The Balaban J connectivity index is 2.40. The van der Waals surface area contributed by atoms with Crippen molar-refractivity contribution in [1.29, 1.82) is 0 Å². The van der Waals surface area contributed by atoms with Crippen molar-refractivity contribution in [3.8, 4) is 0 Å². The molecule has 0 aromatic rings. The Morgan fingerprint density at radius 1 is 1.33 bits per heavy atom. The first kappa shape index (κ1) is 17.3. The van der Waals surface area contributed by atoms with Crippen LogP contribution >= 0.6 is 0 Å². The van der Waals surface area contributed by atoms with Crippen molar-refractivity contribution in [2.45, 2.75) is 45.6 Å². The summed E-state index contributed by atoms with van der Waals surface area (Å²) in [5.74, 6) is -0.999. The minimum absolute atomic E-state index is 0.0698. The van der Waals surface area contributed by atoms with E-state index >= 15 is 0 Å². The van der Waals surface area contributed by atoms with Crippen LogP contribution in [0.3, 0.4) is 0 Å². The van der Waals surface area contributed by atoms with Crippen molar-refractivity contribution in [3.05, 3.63) is 0 Å². The summed E-state index contributed by atoms with van der Waals surface area (Å²) in [5.41, 5.74) is -0.323. The van der Waals surface area contributed by atoms with Crippen LogP contribution in [-0.4, -0.2) is 54.1 Å². The second-order valence-electron chi connectivity index (χ2n) is 5.83. The van der Waals surface area contributed by atoms with Gasteiger partial charge in [0.1, 0.15) is 6.04 Å². The van der Waals surface area contributed by atoms with E-state index < -0.39 is 18.0 Å². The van der Waals surface area contributed by atoms with Crippen LogP contribution in [0.1, 0.15) is 39.5 Å². The van der Waals surface area contributed by atoms with Gasteiger partial charge in [-0.2, -0.15) is 0 Å². The summed E-state index contributed by atoms with van der Waals surface area (Å²) in [6.45, 7) is 4.39. The molecule has 120 valence electrons. The van der Waals surface area contributed by atoms with E-state index in [9.17, 15) is 14.4 Å². The van der Waals surface area contributed by atoms with Crippen LogP contribution in [-0.2, 0) is 9.59 Å². The van der Waals surface area contributed by atoms with Gasteiger partial charge in [-0.05, 0) is 32.1 Å². The maximum atomic E-state index is 11.8. The van der Waals surface area contributed by atoms with E-state index in [0.29, 0.717) is 13.1 Å². The molecule has 1 aliphatic rings. The zero-order valence-corrected chi connectivity index (χ0v) is 12.9. The van der Waals surface area contributed by atoms with E-state index in [4.69, 9.17) is 5.11 Å². The summed E-state index contributed by atoms with van der Waals surface area (Å²) in [7, 11) is 1.68. The van der Waals surface area contributed by atoms with Gasteiger partial charge in [-0.25, -0.2) is 4.79 Å². The zero-order chi connectivity index (χ0) is 16.0. The molecule has 1 fully saturated rings. The highest BCUT2D eigenvalue weighted by atomic mass is 16.4. The van der Waals surface area contributed by atoms with Crippen LogP contribution in [0.5, 0.6) is 0 Å². The fourth-order valence-electron chi connectivity index (χ4n) is 2.48. The standard InChI is InChI=1S/C14H25N3O4/c1-4-17(3)12(20)10(2)16-13(21)15-9-14(6-5-7-14)8-11(18)19/h10H,4-9H2,1-3H3,(H,18,19)(H2,15,16,21). The molecule has 0 aromatic heterocycles. The summed E-state index contributed by atoms with van der Waals surface area (Å²) in [4.78, 5) is 36.0. The van der Waals surface area contributed by atoms with Crippen molar-refractivity contribution in [2.24, 2.45) is 5.41 Å². The lowest BCUT2D eigenvalue weighted by atomic mass is 9.66. The predicted molar refractivity (Wildman–Crippen MR) is 77.8 cm³/mol. The molecule has 1 atom stereocenters. The van der Waals surface area contributed by atoms with Crippen LogP contribution in [0.15, 0.2) is 0 Å². The number of amides is 3. The van der Waals surface area contributed by atoms with E-state index in [0.717, 1.165) is 19.3 Å². The molecule has 0 aromatic carbocycles. The number of rotatable bonds is 7. The summed E-state index contributed by atoms with van der Waals surface area (Å²) in [5, 5.41) is 14.2. The monoisotopic (exact) mass is 299 g/mol. The number of nitrogens with one attached hydrogen (secondary N) is 2. The first-order valence-electron chi connectivity index (χ1n) is 7.31. The number of carbonyl (C=O) groups is 3. The largest absolute Gasteiger partial charge is 0.481 e. The molecule has 0 radical (unpaired) electrons. The number of carbonyl (C=O) groups excluding carboxylic acids is 2. The quantitative estimate of drug-likeness (QED) is 0.647. The van der Waals surface area contributed by atoms with E-state index in [1.54, 1.807) is 14.0 Å². The number of likely N-dealkylation sites (N-methyl/N-ethyl adjacent to an activating group) is 1. The molecule has 0 aliphatic heterocycles. The molecule has 3 N–H and O–H groups in total. The first-order chi connectivity index (χ1) is 9.79. The van der Waals surface area contributed by atoms with Gasteiger partial charge in [-0.1, -0.05) is 6.42 Å². The number of hydrogen-bond acceptors (Lipinski definition) is 3. The summed E-state index contributed by atoms with van der Waals surface area (Å²) < 4.78 is 0. The number of urea groups is 1. The smallest absolute Gasteiger partial charge is 0.315 e. The van der Waals surface area contributed by atoms with Crippen molar-refractivity contribution in [1.82, 2.24) is 15.5 Å². The molecule has 1 rings (SSSR count). The topological polar surface area (TPSA) is 98.7 Å². The molecule has 7 heteroatoms. The van der Waals surface area contributed by atoms with E-state index in [1.165, 1.54) is 4.90 Å². The molecular formula is C14H25N3O4. The van der Waals surface area contributed by atoms with Gasteiger partial charge in [0.25, 0.3) is 0 Å². The van der Waals surface area contributed by atoms with E-state index in [-0.39, 0.29) is 17.7 Å². The highest BCUT2D eigenvalue weighted by Crippen LogP contribution is 2.43. The van der Waals surface area contributed by atoms with Crippen LogP contribution in [0.25, 0.3) is 0 Å². The van der Waals surface area contributed by atoms with Crippen LogP contribution in [0.4, 0.5) is 4.79 Å². The maximum Gasteiger partial charge on any atom is 0.315 e. The Morgan fingerprint density at radius 3 is 2.38 bits per heavy atom. The highest BCUT2D eigenvalue weighted by molar-refractivity contribution is 5.86. The van der Waals surface area contributed by atoms with Gasteiger partial charge in [-0.15, -0.1) is 0 Å². The number of carboxylic acids is 1. The third-order valence-electron chi connectivity index (χ3n) is 4.13. The molecular weight excluding hydrogens is 274 g/mol. The Morgan fingerprint density at radius 2 is 1.95 bits per heavy atom. The first-order valence-corrected chi connectivity index (χ1v) is 7.31. The molecule has 0 saturated heterocycles. The number of carboxylic acid groups (broad SMARTS) is 1. The van der Waals surface area contributed by atoms with Gasteiger partial charge < -0.3 is 20.6 Å². The lowest BCUT2D eigenvalue weighted by Crippen LogP contribution is -2.51. The SMILES string of the molecule is CCN(C)C(=O)C(C)NC(=O)NCC1(CC(=O)O)CCC1. The molecule has 0 spiro atoms. The number of hydrogen-bond donors (Lipinski definition) is 3. The highest BCUT2D eigenvalue weighted by Gasteiger charge is 2.39. The Hall–Kier alpha value is -1.79. The Bertz CT molecular complexity index is 407. The molecule has 0 bridgehead atoms. The minimum atomic E-state index is -0.843. The molecule has 1 unspecified atom stereocenters. The van der Waals surface area contributed by atoms with Crippen molar-refractivity contribution >= 4 is 17.9 Å². The van der Waals surface area contributed by atoms with Crippen molar-refractivity contribution < 1.29 is 19.5 Å². The van der Waals surface area contributed by atoms with Crippen LogP contribution in [0.2, 0.25) is 0 Å². The lowest BCUT2D eigenvalue weighted by Gasteiger charge is -2.40. The van der Waals surface area contributed by atoms with Gasteiger partial charge >= 0.3 is 12.0 Å². The summed E-state index contributed by atoms with van der Waals surface area (Å²) >= 11 is 0. The third-order valence-corrected chi connectivity index (χ3v) is 4.13. The molecule has 0 heterocycles. The Kier molecular flexibility index (Phi) is 5.99. The molecule has 7 nitrogen and oxygen atoms in total. The van der Waals surface area contributed by atoms with Gasteiger partial charge in [-0.3, -0.25) is 9.59 Å². The van der Waals surface area contributed by atoms with Crippen molar-refractivity contribution in [2.75, 3.05) is 20.1 Å². The minimum Gasteiger partial charge on any atom is -0.481 e. The van der Waals surface area contributed by atoms with E-state index in [1.807, 2.05) is 6.92 Å². The van der Waals surface area contributed by atoms with Crippen LogP contribution in [0, 0.1) is 5.41 Å². The zero-order valence-electron chi connectivity index (χ0n) is 12.9. The second kappa shape index (κ2) is 7.28. The maximum absolute atomic E-state index is 11.8. The van der Waals surface area contributed by atoms with Crippen molar-refractivity contribution in [3.63, 3.8) is 0 Å². The van der Waals surface area contributed by atoms with Crippen LogP contribution < -0.4 is 10.6 Å². The number of aliphatic carboxylic acids is 1. The summed E-state index contributed by atoms with van der Waals surface area (Å²) in [6.07, 6.45) is 2.69. The summed E-state index contributed by atoms with van der Waals surface area (Å²) in [6, 6.07) is -1.04. The molecule has 1 saturated carbocycles. The normalized spacial score (nSPS) is 17.3. The Labute approximate surface area is 125 Å². The lowest BCUT2D eigenvalue weighted by molar-refractivity contribution is -0.141. The average molecular weight is 299 g/mol. The van der Waals surface area contributed by atoms with Gasteiger partial charge in [0, 0.05) is 20.1 Å². The molecule has 21 heavy (non-hydrogen) atoms. The van der Waals surface area contributed by atoms with Gasteiger partial charge in [0.2, 0.25) is 5.91 Å². The number of nitrogens with zero attached hydrogens (tertiary/aromatic N) is 1.